The number of methoxy groups -OCH3 is 1. The largest absolute Gasteiger partial charge is 0.495 e. The van der Waals surface area contributed by atoms with Crippen molar-refractivity contribution in [3.63, 3.8) is 0 Å². The second kappa shape index (κ2) is 6.20. The van der Waals surface area contributed by atoms with E-state index < -0.39 is 0 Å². The van der Waals surface area contributed by atoms with Crippen LogP contribution in [-0.4, -0.2) is 44.7 Å². The lowest BCUT2D eigenvalue weighted by Gasteiger charge is -2.37. The summed E-state index contributed by atoms with van der Waals surface area (Å²) in [5.74, 6) is 3.75. The fourth-order valence-electron chi connectivity index (χ4n) is 4.53. The van der Waals surface area contributed by atoms with Gasteiger partial charge in [0.15, 0.2) is 0 Å². The van der Waals surface area contributed by atoms with E-state index >= 15 is 0 Å². The van der Waals surface area contributed by atoms with Gasteiger partial charge in [0, 0.05) is 32.7 Å². The average Bonchev–Trinajstić information content (AvgIpc) is 2.83. The standard InChI is InChI=1S/C20H28N2O/c1-15-3-6-20(23-2)19(11-15)22-9-7-21(8-10-22)14-16-12-17-4-5-18(17)13-16/h3-6,11,16-18H,7-10,12-14H2,1-2H3. The molecule has 2 aliphatic carbocycles. The van der Waals surface area contributed by atoms with Crippen molar-refractivity contribution in [2.24, 2.45) is 17.8 Å². The highest BCUT2D eigenvalue weighted by Gasteiger charge is 2.36. The molecular weight excluding hydrogens is 284 g/mol. The fraction of sp³-hybridized carbons (Fsp3) is 0.600. The van der Waals surface area contributed by atoms with Gasteiger partial charge in [-0.25, -0.2) is 0 Å². The molecule has 0 bridgehead atoms. The van der Waals surface area contributed by atoms with Crippen LogP contribution in [0, 0.1) is 24.7 Å². The van der Waals surface area contributed by atoms with Gasteiger partial charge in [-0.15, -0.1) is 0 Å². The van der Waals surface area contributed by atoms with E-state index in [1.54, 1.807) is 7.11 Å². The zero-order chi connectivity index (χ0) is 15.8. The van der Waals surface area contributed by atoms with Crippen molar-refractivity contribution in [2.75, 3.05) is 44.7 Å². The number of fused-ring (bicyclic) bond motifs is 1. The van der Waals surface area contributed by atoms with Crippen LogP contribution in [0.4, 0.5) is 5.69 Å². The van der Waals surface area contributed by atoms with Gasteiger partial charge in [-0.05, 0) is 55.2 Å². The SMILES string of the molecule is COc1ccc(C)cc1N1CCN(CC2CC3C=CC3C2)CC1. The predicted molar refractivity (Wildman–Crippen MR) is 95.2 cm³/mol. The van der Waals surface area contributed by atoms with Gasteiger partial charge in [-0.2, -0.15) is 0 Å². The Morgan fingerprint density at radius 3 is 2.35 bits per heavy atom. The minimum atomic E-state index is 0.915. The maximum atomic E-state index is 5.56. The Balaban J connectivity index is 1.33. The number of piperazine rings is 1. The van der Waals surface area contributed by atoms with E-state index in [0.29, 0.717) is 0 Å². The van der Waals surface area contributed by atoms with Gasteiger partial charge in [0.05, 0.1) is 12.8 Å². The molecule has 0 radical (unpaired) electrons. The van der Waals surface area contributed by atoms with Crippen molar-refractivity contribution in [3.05, 3.63) is 35.9 Å². The Morgan fingerprint density at radius 2 is 1.74 bits per heavy atom. The van der Waals surface area contributed by atoms with Crippen molar-refractivity contribution < 1.29 is 4.74 Å². The molecule has 3 aliphatic rings. The molecule has 1 saturated carbocycles. The van der Waals surface area contributed by atoms with E-state index in [2.05, 4.69) is 47.1 Å². The van der Waals surface area contributed by atoms with E-state index in [-0.39, 0.29) is 0 Å². The highest BCUT2D eigenvalue weighted by molar-refractivity contribution is 5.60. The third kappa shape index (κ3) is 2.99. The third-order valence-corrected chi connectivity index (χ3v) is 5.93. The second-order valence-corrected chi connectivity index (χ2v) is 7.51. The van der Waals surface area contributed by atoms with E-state index in [0.717, 1.165) is 36.6 Å². The number of aryl methyl sites for hydroxylation is 1. The van der Waals surface area contributed by atoms with E-state index in [4.69, 9.17) is 4.74 Å². The lowest BCUT2D eigenvalue weighted by atomic mass is 9.86. The normalized spacial score (nSPS) is 30.2. The molecular formula is C20H28N2O. The molecule has 0 N–H and O–H groups in total. The van der Waals surface area contributed by atoms with Crippen LogP contribution in [0.1, 0.15) is 18.4 Å². The quantitative estimate of drug-likeness (QED) is 0.793. The molecule has 0 amide bonds. The number of allylic oxidation sites excluding steroid dienone is 2. The number of nitrogens with zero attached hydrogens (tertiary/aromatic N) is 2. The van der Waals surface area contributed by atoms with Crippen LogP contribution < -0.4 is 9.64 Å². The number of benzene rings is 1. The summed E-state index contributed by atoms with van der Waals surface area (Å²) >= 11 is 0. The Hall–Kier alpha value is -1.48. The molecule has 1 aromatic carbocycles. The summed E-state index contributed by atoms with van der Waals surface area (Å²) in [7, 11) is 1.77. The van der Waals surface area contributed by atoms with Gasteiger partial charge in [-0.1, -0.05) is 18.2 Å². The van der Waals surface area contributed by atoms with Crippen molar-refractivity contribution in [1.82, 2.24) is 4.90 Å². The highest BCUT2D eigenvalue weighted by Crippen LogP contribution is 2.44. The first-order valence-electron chi connectivity index (χ1n) is 9.03. The third-order valence-electron chi connectivity index (χ3n) is 5.93. The Labute approximate surface area is 139 Å². The van der Waals surface area contributed by atoms with E-state index in [1.165, 1.54) is 43.7 Å². The van der Waals surface area contributed by atoms with Crippen LogP contribution in [-0.2, 0) is 0 Å². The average molecular weight is 312 g/mol. The zero-order valence-corrected chi connectivity index (χ0v) is 14.4. The Kier molecular flexibility index (Phi) is 4.06. The highest BCUT2D eigenvalue weighted by atomic mass is 16.5. The summed E-state index contributed by atoms with van der Waals surface area (Å²) in [5, 5.41) is 0. The molecule has 0 spiro atoms. The minimum absolute atomic E-state index is 0.915. The Morgan fingerprint density at radius 1 is 1.04 bits per heavy atom. The van der Waals surface area contributed by atoms with Gasteiger partial charge < -0.3 is 9.64 Å². The van der Waals surface area contributed by atoms with E-state index in [9.17, 15) is 0 Å². The first-order valence-corrected chi connectivity index (χ1v) is 9.03. The van der Waals surface area contributed by atoms with Gasteiger partial charge in [0.1, 0.15) is 5.75 Å². The summed E-state index contributed by atoms with van der Waals surface area (Å²) < 4.78 is 5.56. The lowest BCUT2D eigenvalue weighted by molar-refractivity contribution is 0.218. The summed E-state index contributed by atoms with van der Waals surface area (Å²) in [5.41, 5.74) is 2.56. The molecule has 4 rings (SSSR count). The van der Waals surface area contributed by atoms with Crippen LogP contribution >= 0.6 is 0 Å². The van der Waals surface area contributed by atoms with Crippen LogP contribution in [0.5, 0.6) is 5.75 Å². The number of ether oxygens (including phenoxy) is 1. The van der Waals surface area contributed by atoms with Gasteiger partial charge in [-0.3, -0.25) is 4.90 Å². The lowest BCUT2D eigenvalue weighted by Crippen LogP contribution is -2.47. The summed E-state index contributed by atoms with van der Waals surface area (Å²) in [6, 6.07) is 6.48. The molecule has 2 unspecified atom stereocenters. The van der Waals surface area contributed by atoms with Crippen molar-refractivity contribution in [2.45, 2.75) is 19.8 Å². The van der Waals surface area contributed by atoms with E-state index in [1.807, 2.05) is 0 Å². The van der Waals surface area contributed by atoms with Crippen LogP contribution in [0.25, 0.3) is 0 Å². The maximum Gasteiger partial charge on any atom is 0.142 e. The number of hydrogen-bond acceptors (Lipinski definition) is 3. The monoisotopic (exact) mass is 312 g/mol. The number of rotatable bonds is 4. The first kappa shape index (κ1) is 15.1. The topological polar surface area (TPSA) is 15.7 Å². The second-order valence-electron chi connectivity index (χ2n) is 7.51. The molecule has 3 nitrogen and oxygen atoms in total. The molecule has 1 aromatic rings. The van der Waals surface area contributed by atoms with Crippen molar-refractivity contribution in [1.29, 1.82) is 0 Å². The van der Waals surface area contributed by atoms with Crippen LogP contribution in [0.3, 0.4) is 0 Å². The fourth-order valence-corrected chi connectivity index (χ4v) is 4.53. The van der Waals surface area contributed by atoms with Gasteiger partial charge >= 0.3 is 0 Å². The minimum Gasteiger partial charge on any atom is -0.495 e. The van der Waals surface area contributed by atoms with Crippen LogP contribution in [0.15, 0.2) is 30.4 Å². The van der Waals surface area contributed by atoms with Crippen LogP contribution in [0.2, 0.25) is 0 Å². The summed E-state index contributed by atoms with van der Waals surface area (Å²) in [6.07, 6.45) is 7.69. The smallest absolute Gasteiger partial charge is 0.142 e. The predicted octanol–water partition coefficient (Wildman–Crippen LogP) is 3.34. The molecule has 124 valence electrons. The molecule has 1 heterocycles. The van der Waals surface area contributed by atoms with Gasteiger partial charge in [0.25, 0.3) is 0 Å². The van der Waals surface area contributed by atoms with Gasteiger partial charge in [0.2, 0.25) is 0 Å². The first-order chi connectivity index (χ1) is 11.2. The van der Waals surface area contributed by atoms with Crippen molar-refractivity contribution >= 4 is 5.69 Å². The molecule has 1 aliphatic heterocycles. The molecule has 2 fully saturated rings. The summed E-state index contributed by atoms with van der Waals surface area (Å²) in [4.78, 5) is 5.16. The maximum absolute atomic E-state index is 5.56. The summed E-state index contributed by atoms with van der Waals surface area (Å²) in [6.45, 7) is 8.02. The number of anilines is 1. The molecule has 0 aromatic heterocycles. The molecule has 23 heavy (non-hydrogen) atoms. The van der Waals surface area contributed by atoms with Crippen molar-refractivity contribution in [3.8, 4) is 5.75 Å². The molecule has 1 saturated heterocycles. The molecule has 2 atom stereocenters. The number of hydrogen-bond donors (Lipinski definition) is 0. The zero-order valence-electron chi connectivity index (χ0n) is 14.4. The Bertz CT molecular complexity index is 575. The molecule has 3 heteroatoms.